The number of nitrogens with one attached hydrogen (secondary N) is 1. The molecule has 1 rings (SSSR count). The van der Waals surface area contributed by atoms with Crippen molar-refractivity contribution in [3.63, 3.8) is 0 Å². The summed E-state index contributed by atoms with van der Waals surface area (Å²) in [6, 6.07) is 0.507. The van der Waals surface area contributed by atoms with Crippen LogP contribution in [0.25, 0.3) is 0 Å². The van der Waals surface area contributed by atoms with Gasteiger partial charge in [0.05, 0.1) is 11.7 Å². The average Bonchev–Trinajstić information content (AvgIpc) is 2.27. The maximum absolute atomic E-state index is 10.1. The van der Waals surface area contributed by atoms with Gasteiger partial charge in [0, 0.05) is 25.4 Å². The van der Waals surface area contributed by atoms with Crippen molar-refractivity contribution in [1.82, 2.24) is 5.32 Å². The van der Waals surface area contributed by atoms with Gasteiger partial charge in [-0.2, -0.15) is 11.8 Å². The molecule has 0 amide bonds. The topological polar surface area (TPSA) is 41.5 Å². The van der Waals surface area contributed by atoms with Crippen LogP contribution in [-0.4, -0.2) is 48.5 Å². The minimum Gasteiger partial charge on any atom is -0.388 e. The van der Waals surface area contributed by atoms with Gasteiger partial charge in [0.25, 0.3) is 0 Å². The van der Waals surface area contributed by atoms with Gasteiger partial charge < -0.3 is 15.2 Å². The van der Waals surface area contributed by atoms with Crippen LogP contribution in [0.15, 0.2) is 0 Å². The summed E-state index contributed by atoms with van der Waals surface area (Å²) in [4.78, 5) is 0. The van der Waals surface area contributed by atoms with E-state index in [0.717, 1.165) is 12.2 Å². The van der Waals surface area contributed by atoms with Crippen molar-refractivity contribution in [1.29, 1.82) is 0 Å². The maximum Gasteiger partial charge on any atom is 0.0833 e. The molecular formula is C12H25NO2S. The summed E-state index contributed by atoms with van der Waals surface area (Å²) in [5, 5.41) is 13.5. The summed E-state index contributed by atoms with van der Waals surface area (Å²) in [5.74, 6) is 0.778. The van der Waals surface area contributed by atoms with Crippen LogP contribution < -0.4 is 5.32 Å². The maximum atomic E-state index is 10.1. The fourth-order valence-electron chi connectivity index (χ4n) is 2.27. The molecule has 4 heteroatoms. The predicted molar refractivity (Wildman–Crippen MR) is 70.1 cm³/mol. The van der Waals surface area contributed by atoms with Crippen molar-refractivity contribution in [2.75, 3.05) is 25.7 Å². The van der Waals surface area contributed by atoms with E-state index in [9.17, 15) is 5.11 Å². The first kappa shape index (κ1) is 14.3. The molecule has 16 heavy (non-hydrogen) atoms. The summed E-state index contributed by atoms with van der Waals surface area (Å²) in [6.07, 6.45) is 7.10. The fourth-order valence-corrected chi connectivity index (χ4v) is 2.99. The van der Waals surface area contributed by atoms with Crippen LogP contribution in [0.2, 0.25) is 0 Å². The van der Waals surface area contributed by atoms with E-state index >= 15 is 0 Å². The van der Waals surface area contributed by atoms with E-state index in [2.05, 4.69) is 5.32 Å². The third-order valence-electron chi connectivity index (χ3n) is 3.19. The molecule has 1 fully saturated rings. The summed E-state index contributed by atoms with van der Waals surface area (Å²) >= 11 is 1.69. The smallest absolute Gasteiger partial charge is 0.0833 e. The molecule has 3 unspecified atom stereocenters. The molecule has 0 bridgehead atoms. The van der Waals surface area contributed by atoms with Gasteiger partial charge in [-0.25, -0.2) is 0 Å². The molecule has 0 spiro atoms. The lowest BCUT2D eigenvalue weighted by Gasteiger charge is -2.32. The molecule has 1 aliphatic carbocycles. The van der Waals surface area contributed by atoms with Crippen LogP contribution in [0, 0.1) is 0 Å². The molecule has 0 radical (unpaired) electrons. The van der Waals surface area contributed by atoms with Gasteiger partial charge in [0.1, 0.15) is 0 Å². The Morgan fingerprint density at radius 2 is 2.25 bits per heavy atom. The quantitative estimate of drug-likeness (QED) is 0.749. The minimum absolute atomic E-state index is 0.400. The average molecular weight is 247 g/mol. The second-order valence-electron chi connectivity index (χ2n) is 5.03. The molecule has 1 saturated carbocycles. The Morgan fingerprint density at radius 3 is 2.88 bits per heavy atom. The summed E-state index contributed by atoms with van der Waals surface area (Å²) in [7, 11) is 1.79. The Hall–Kier alpha value is 0.230. The Morgan fingerprint density at radius 1 is 1.50 bits per heavy atom. The van der Waals surface area contributed by atoms with Gasteiger partial charge in [-0.1, -0.05) is 0 Å². The number of methoxy groups -OCH3 is 1. The zero-order chi connectivity index (χ0) is 12.0. The first-order chi connectivity index (χ1) is 7.57. The lowest BCUT2D eigenvalue weighted by Crippen LogP contribution is -2.46. The highest BCUT2D eigenvalue weighted by molar-refractivity contribution is 7.98. The molecule has 2 N–H and O–H groups in total. The largest absolute Gasteiger partial charge is 0.388 e. The van der Waals surface area contributed by atoms with Crippen LogP contribution in [0.1, 0.15) is 32.6 Å². The lowest BCUT2D eigenvalue weighted by atomic mass is 9.92. The second kappa shape index (κ2) is 6.84. The highest BCUT2D eigenvalue weighted by Gasteiger charge is 2.25. The van der Waals surface area contributed by atoms with Gasteiger partial charge in [-0.05, 0) is 38.9 Å². The lowest BCUT2D eigenvalue weighted by molar-refractivity contribution is 0.0462. The molecule has 0 heterocycles. The van der Waals surface area contributed by atoms with Crippen molar-refractivity contribution in [3.8, 4) is 0 Å². The highest BCUT2D eigenvalue weighted by atomic mass is 32.2. The predicted octanol–water partition coefficient (Wildman–Crippen LogP) is 1.65. The Kier molecular flexibility index (Phi) is 6.11. The van der Waals surface area contributed by atoms with Gasteiger partial charge in [0.15, 0.2) is 0 Å². The Labute approximate surface area is 103 Å². The third-order valence-corrected chi connectivity index (χ3v) is 4.10. The van der Waals surface area contributed by atoms with Gasteiger partial charge in [0.2, 0.25) is 0 Å². The van der Waals surface area contributed by atoms with Crippen LogP contribution in [0.5, 0.6) is 0 Å². The molecule has 3 nitrogen and oxygen atoms in total. The fraction of sp³-hybridized carbons (Fsp3) is 1.00. The number of ether oxygens (including phenoxy) is 1. The zero-order valence-electron chi connectivity index (χ0n) is 10.7. The summed E-state index contributed by atoms with van der Waals surface area (Å²) in [5.41, 5.74) is -0.598. The zero-order valence-corrected chi connectivity index (χ0v) is 11.5. The normalized spacial score (nSPS) is 30.0. The van der Waals surface area contributed by atoms with E-state index in [0.29, 0.717) is 18.7 Å². The molecule has 0 aromatic rings. The van der Waals surface area contributed by atoms with Gasteiger partial charge in [-0.3, -0.25) is 0 Å². The van der Waals surface area contributed by atoms with Crippen molar-refractivity contribution in [2.45, 2.75) is 50.4 Å². The van der Waals surface area contributed by atoms with E-state index in [-0.39, 0.29) is 0 Å². The standard InChI is InChI=1S/C12H25NO2S/c1-12(14,9-16-3)8-13-10-5-4-6-11(7-10)15-2/h10-11,13-14H,4-9H2,1-3H3. The van der Waals surface area contributed by atoms with Gasteiger partial charge >= 0.3 is 0 Å². The van der Waals surface area contributed by atoms with Crippen LogP contribution in [0.4, 0.5) is 0 Å². The van der Waals surface area contributed by atoms with E-state index < -0.39 is 5.60 Å². The van der Waals surface area contributed by atoms with E-state index in [1.807, 2.05) is 13.2 Å². The molecule has 3 atom stereocenters. The first-order valence-corrected chi connectivity index (χ1v) is 7.44. The van der Waals surface area contributed by atoms with Crippen molar-refractivity contribution >= 4 is 11.8 Å². The van der Waals surface area contributed by atoms with Crippen LogP contribution in [0.3, 0.4) is 0 Å². The van der Waals surface area contributed by atoms with E-state index in [4.69, 9.17) is 4.74 Å². The van der Waals surface area contributed by atoms with Crippen molar-refractivity contribution in [3.05, 3.63) is 0 Å². The van der Waals surface area contributed by atoms with Crippen LogP contribution >= 0.6 is 11.8 Å². The summed E-state index contributed by atoms with van der Waals surface area (Å²) < 4.78 is 5.39. The molecule has 0 saturated heterocycles. The number of aliphatic hydroxyl groups is 1. The molecular weight excluding hydrogens is 222 g/mol. The number of hydrogen-bond donors (Lipinski definition) is 2. The molecule has 0 aliphatic heterocycles. The molecule has 96 valence electrons. The number of thioether (sulfide) groups is 1. The van der Waals surface area contributed by atoms with Crippen molar-refractivity contribution in [2.24, 2.45) is 0 Å². The Balaban J connectivity index is 2.26. The number of rotatable bonds is 6. The first-order valence-electron chi connectivity index (χ1n) is 6.05. The van der Waals surface area contributed by atoms with Crippen LogP contribution in [-0.2, 0) is 4.74 Å². The molecule has 0 aromatic heterocycles. The SMILES string of the molecule is COC1CCCC(NCC(C)(O)CSC)C1. The monoisotopic (exact) mass is 247 g/mol. The number of hydrogen-bond acceptors (Lipinski definition) is 4. The second-order valence-corrected chi connectivity index (χ2v) is 5.90. The molecule has 1 aliphatic rings. The summed E-state index contributed by atoms with van der Waals surface area (Å²) in [6.45, 7) is 2.57. The van der Waals surface area contributed by atoms with E-state index in [1.165, 1.54) is 19.3 Å². The van der Waals surface area contributed by atoms with Gasteiger partial charge in [-0.15, -0.1) is 0 Å². The third kappa shape index (κ3) is 5.04. The van der Waals surface area contributed by atoms with Crippen molar-refractivity contribution < 1.29 is 9.84 Å². The Bertz CT molecular complexity index is 199. The minimum atomic E-state index is -0.598. The molecule has 0 aromatic carbocycles. The highest BCUT2D eigenvalue weighted by Crippen LogP contribution is 2.21. The van der Waals surface area contributed by atoms with E-state index in [1.54, 1.807) is 18.9 Å².